The van der Waals surface area contributed by atoms with Crippen molar-refractivity contribution in [2.75, 3.05) is 10.6 Å². The van der Waals surface area contributed by atoms with Crippen molar-refractivity contribution < 1.29 is 0 Å². The third-order valence-electron chi connectivity index (χ3n) is 5.17. The molecule has 0 saturated carbocycles. The van der Waals surface area contributed by atoms with Crippen LogP contribution in [0.1, 0.15) is 22.3 Å². The quantitative estimate of drug-likeness (QED) is 0.400. The first-order valence-corrected chi connectivity index (χ1v) is 10.1. The molecule has 4 rings (SSSR count). The van der Waals surface area contributed by atoms with Crippen molar-refractivity contribution in [3.05, 3.63) is 95.2 Å². The number of aryl methyl sites for hydroxylation is 3. The Kier molecular flexibility index (Phi) is 5.63. The van der Waals surface area contributed by atoms with E-state index in [4.69, 9.17) is 5.26 Å². The number of anilines is 4. The second-order valence-electron chi connectivity index (χ2n) is 7.50. The number of nitrogens with one attached hydrogen (secondary N) is 2. The molecular weight excluding hydrogens is 382 g/mol. The fourth-order valence-electron chi connectivity index (χ4n) is 3.59. The topological polar surface area (TPSA) is 73.6 Å². The number of hydrogen-bond donors (Lipinski definition) is 2. The Morgan fingerprint density at radius 1 is 0.806 bits per heavy atom. The fourth-order valence-corrected chi connectivity index (χ4v) is 3.59. The average molecular weight is 406 g/mol. The van der Waals surface area contributed by atoms with Crippen LogP contribution in [0.5, 0.6) is 0 Å². The van der Waals surface area contributed by atoms with Crippen molar-refractivity contribution in [1.82, 2.24) is 9.97 Å². The first kappa shape index (κ1) is 20.1. The molecule has 0 atom stereocenters. The van der Waals surface area contributed by atoms with Crippen molar-refractivity contribution in [3.8, 4) is 17.2 Å². The lowest BCUT2D eigenvalue weighted by Gasteiger charge is -2.16. The van der Waals surface area contributed by atoms with Crippen LogP contribution in [-0.4, -0.2) is 9.97 Å². The summed E-state index contributed by atoms with van der Waals surface area (Å²) >= 11 is 0. The number of nitrogens with zero attached hydrogens (tertiary/aromatic N) is 3. The molecule has 2 N–H and O–H groups in total. The third-order valence-corrected chi connectivity index (χ3v) is 5.17. The molecule has 0 fully saturated rings. The highest BCUT2D eigenvalue weighted by atomic mass is 15.1. The monoisotopic (exact) mass is 405 g/mol. The number of benzene rings is 3. The summed E-state index contributed by atoms with van der Waals surface area (Å²) < 4.78 is 0. The van der Waals surface area contributed by atoms with Crippen molar-refractivity contribution in [1.29, 1.82) is 5.26 Å². The van der Waals surface area contributed by atoms with Gasteiger partial charge in [-0.2, -0.15) is 10.2 Å². The standard InChI is InChI=1S/C26H23N5/c1-17-6-4-5-7-23(17)21-14-18(2)25(19(3)15-21)30-24-12-13-28-26(31-24)29-22-10-8-20(16-27)9-11-22/h4-15H,1-3H3,(H2,28,29,30,31). The number of aromatic nitrogens is 2. The Labute approximate surface area is 182 Å². The Bertz CT molecular complexity index is 1250. The molecule has 0 aliphatic rings. The lowest BCUT2D eigenvalue weighted by molar-refractivity contribution is 1.16. The predicted molar refractivity (Wildman–Crippen MR) is 126 cm³/mol. The van der Waals surface area contributed by atoms with E-state index in [-0.39, 0.29) is 0 Å². The molecule has 0 unspecified atom stereocenters. The molecule has 0 spiro atoms. The maximum atomic E-state index is 8.93. The maximum absolute atomic E-state index is 8.93. The van der Waals surface area contributed by atoms with E-state index in [9.17, 15) is 0 Å². The summed E-state index contributed by atoms with van der Waals surface area (Å²) in [6.45, 7) is 6.35. The Hall–Kier alpha value is -4.17. The largest absolute Gasteiger partial charge is 0.340 e. The zero-order valence-corrected chi connectivity index (χ0v) is 17.8. The summed E-state index contributed by atoms with van der Waals surface area (Å²) in [6.07, 6.45) is 1.72. The van der Waals surface area contributed by atoms with Gasteiger partial charge in [0.05, 0.1) is 11.6 Å². The van der Waals surface area contributed by atoms with Crippen molar-refractivity contribution in [3.63, 3.8) is 0 Å². The normalized spacial score (nSPS) is 10.4. The Balaban J connectivity index is 1.57. The molecule has 0 bridgehead atoms. The zero-order valence-electron chi connectivity index (χ0n) is 17.8. The molecule has 31 heavy (non-hydrogen) atoms. The van der Waals surface area contributed by atoms with Crippen LogP contribution < -0.4 is 10.6 Å². The van der Waals surface area contributed by atoms with Gasteiger partial charge in [0.2, 0.25) is 5.95 Å². The summed E-state index contributed by atoms with van der Waals surface area (Å²) in [7, 11) is 0. The van der Waals surface area contributed by atoms with E-state index < -0.39 is 0 Å². The number of hydrogen-bond acceptors (Lipinski definition) is 5. The second-order valence-corrected chi connectivity index (χ2v) is 7.50. The summed E-state index contributed by atoms with van der Waals surface area (Å²) in [5.74, 6) is 1.20. The molecule has 0 radical (unpaired) electrons. The zero-order chi connectivity index (χ0) is 21.8. The van der Waals surface area contributed by atoms with Gasteiger partial charge in [-0.15, -0.1) is 0 Å². The smallest absolute Gasteiger partial charge is 0.229 e. The molecule has 3 aromatic carbocycles. The SMILES string of the molecule is Cc1ccccc1-c1cc(C)c(Nc2ccnc(Nc3ccc(C#N)cc3)n2)c(C)c1. The van der Waals surface area contributed by atoms with E-state index in [1.807, 2.05) is 18.2 Å². The van der Waals surface area contributed by atoms with Crippen LogP contribution in [-0.2, 0) is 0 Å². The lowest BCUT2D eigenvalue weighted by Crippen LogP contribution is -2.02. The van der Waals surface area contributed by atoms with Gasteiger partial charge < -0.3 is 10.6 Å². The second kappa shape index (κ2) is 8.68. The van der Waals surface area contributed by atoms with Crippen LogP contribution in [0.15, 0.2) is 72.9 Å². The highest BCUT2D eigenvalue weighted by molar-refractivity contribution is 5.75. The van der Waals surface area contributed by atoms with Crippen molar-refractivity contribution in [2.24, 2.45) is 0 Å². The summed E-state index contributed by atoms with van der Waals surface area (Å²) in [5, 5.41) is 15.6. The fraction of sp³-hybridized carbons (Fsp3) is 0.115. The molecule has 0 amide bonds. The number of nitriles is 1. The van der Waals surface area contributed by atoms with Crippen molar-refractivity contribution in [2.45, 2.75) is 20.8 Å². The molecule has 1 heterocycles. The van der Waals surface area contributed by atoms with Crippen LogP contribution in [0.4, 0.5) is 23.1 Å². The summed E-state index contributed by atoms with van der Waals surface area (Å²) in [6, 6.07) is 24.0. The number of rotatable bonds is 5. The van der Waals surface area contributed by atoms with Crippen LogP contribution in [0, 0.1) is 32.1 Å². The summed E-state index contributed by atoms with van der Waals surface area (Å²) in [5.41, 5.74) is 8.50. The lowest BCUT2D eigenvalue weighted by atomic mass is 9.96. The molecule has 0 saturated heterocycles. The Morgan fingerprint density at radius 3 is 2.19 bits per heavy atom. The third kappa shape index (κ3) is 4.54. The van der Waals surface area contributed by atoms with E-state index in [1.54, 1.807) is 18.3 Å². The molecule has 0 aliphatic carbocycles. The molecule has 4 aromatic rings. The Morgan fingerprint density at radius 2 is 1.52 bits per heavy atom. The van der Waals surface area contributed by atoms with Crippen LogP contribution in [0.2, 0.25) is 0 Å². The van der Waals surface area contributed by atoms with Gasteiger partial charge in [-0.25, -0.2) is 4.98 Å². The molecule has 5 heteroatoms. The first-order valence-electron chi connectivity index (χ1n) is 10.1. The minimum Gasteiger partial charge on any atom is -0.340 e. The predicted octanol–water partition coefficient (Wildman–Crippen LogP) is 6.43. The van der Waals surface area contributed by atoms with Gasteiger partial charge in [0, 0.05) is 17.6 Å². The molecule has 152 valence electrons. The van der Waals surface area contributed by atoms with E-state index in [1.165, 1.54) is 16.7 Å². The highest BCUT2D eigenvalue weighted by Crippen LogP contribution is 2.31. The van der Waals surface area contributed by atoms with Gasteiger partial charge in [0.15, 0.2) is 0 Å². The minimum atomic E-state index is 0.488. The molecule has 1 aromatic heterocycles. The van der Waals surface area contributed by atoms with Gasteiger partial charge in [0.1, 0.15) is 5.82 Å². The maximum Gasteiger partial charge on any atom is 0.229 e. The molecule has 0 aliphatic heterocycles. The van der Waals surface area contributed by atoms with E-state index in [2.05, 4.69) is 83.8 Å². The van der Waals surface area contributed by atoms with E-state index in [0.717, 1.165) is 22.5 Å². The van der Waals surface area contributed by atoms with Crippen LogP contribution >= 0.6 is 0 Å². The van der Waals surface area contributed by atoms with Gasteiger partial charge in [-0.05, 0) is 91.1 Å². The van der Waals surface area contributed by atoms with Gasteiger partial charge in [-0.3, -0.25) is 0 Å². The van der Waals surface area contributed by atoms with Crippen molar-refractivity contribution >= 4 is 23.1 Å². The van der Waals surface area contributed by atoms with E-state index >= 15 is 0 Å². The molecular formula is C26H23N5. The first-order chi connectivity index (χ1) is 15.0. The van der Waals surface area contributed by atoms with Crippen LogP contribution in [0.3, 0.4) is 0 Å². The van der Waals surface area contributed by atoms with Crippen LogP contribution in [0.25, 0.3) is 11.1 Å². The minimum absolute atomic E-state index is 0.488. The molecule has 5 nitrogen and oxygen atoms in total. The van der Waals surface area contributed by atoms with E-state index in [0.29, 0.717) is 17.3 Å². The summed E-state index contributed by atoms with van der Waals surface area (Å²) in [4.78, 5) is 8.88. The average Bonchev–Trinajstić information content (AvgIpc) is 2.77. The van der Waals surface area contributed by atoms with Gasteiger partial charge in [0.25, 0.3) is 0 Å². The van der Waals surface area contributed by atoms with Gasteiger partial charge in [-0.1, -0.05) is 24.3 Å². The highest BCUT2D eigenvalue weighted by Gasteiger charge is 2.10. The van der Waals surface area contributed by atoms with Gasteiger partial charge >= 0.3 is 0 Å².